The van der Waals surface area contributed by atoms with Crippen molar-refractivity contribution in [3.63, 3.8) is 0 Å². The average molecular weight is 453 g/mol. The number of thioether (sulfide) groups is 1. The Morgan fingerprint density at radius 3 is 2.61 bits per heavy atom. The highest BCUT2D eigenvalue weighted by Crippen LogP contribution is 2.32. The molecule has 0 unspecified atom stereocenters. The van der Waals surface area contributed by atoms with Gasteiger partial charge in [0.15, 0.2) is 6.61 Å². The lowest BCUT2D eigenvalue weighted by Gasteiger charge is -2.14. The first-order valence-electron chi connectivity index (χ1n) is 9.87. The van der Waals surface area contributed by atoms with Crippen LogP contribution in [0, 0.1) is 0 Å². The number of amides is 2. The maximum absolute atomic E-state index is 12.4. The Kier molecular flexibility index (Phi) is 7.65. The Balaban J connectivity index is 1.58. The third-order valence-electron chi connectivity index (χ3n) is 4.59. The zero-order chi connectivity index (χ0) is 22.4. The lowest BCUT2D eigenvalue weighted by Crippen LogP contribution is -2.27. The van der Waals surface area contributed by atoms with E-state index in [-0.39, 0.29) is 18.4 Å². The molecule has 31 heavy (non-hydrogen) atoms. The molecule has 0 aromatic heterocycles. The first-order valence-corrected chi connectivity index (χ1v) is 11.1. The van der Waals surface area contributed by atoms with Crippen LogP contribution in [-0.2, 0) is 9.59 Å². The number of benzene rings is 2. The van der Waals surface area contributed by atoms with Gasteiger partial charge in [0.2, 0.25) is 0 Å². The fourth-order valence-electron chi connectivity index (χ4n) is 3.05. The van der Waals surface area contributed by atoms with Gasteiger partial charge in [0.05, 0.1) is 4.91 Å². The number of nitrogens with zero attached hydrogens (tertiary/aromatic N) is 1. The lowest BCUT2D eigenvalue weighted by molar-refractivity contribution is -0.121. The largest absolute Gasteiger partial charge is 0.484 e. The van der Waals surface area contributed by atoms with E-state index in [2.05, 4.69) is 25.7 Å². The molecule has 2 amide bonds. The summed E-state index contributed by atoms with van der Waals surface area (Å²) in [6.45, 7) is 8.13. The molecule has 0 bridgehead atoms. The van der Waals surface area contributed by atoms with E-state index < -0.39 is 0 Å². The van der Waals surface area contributed by atoms with Crippen molar-refractivity contribution in [3.05, 3.63) is 77.2 Å². The Hall–Kier alpha value is -2.90. The number of anilines is 1. The summed E-state index contributed by atoms with van der Waals surface area (Å²) in [5, 5.41) is 2.91. The average Bonchev–Trinajstić information content (AvgIpc) is 3.01. The summed E-state index contributed by atoms with van der Waals surface area (Å²) in [7, 11) is 0. The molecule has 5 nitrogen and oxygen atoms in total. The second kappa shape index (κ2) is 10.4. The molecule has 2 aromatic carbocycles. The maximum Gasteiger partial charge on any atom is 0.266 e. The van der Waals surface area contributed by atoms with Crippen molar-refractivity contribution >= 4 is 51.9 Å². The van der Waals surface area contributed by atoms with Gasteiger partial charge in [-0.15, -0.1) is 6.58 Å². The Labute approximate surface area is 192 Å². The van der Waals surface area contributed by atoms with E-state index in [1.807, 2.05) is 36.4 Å². The van der Waals surface area contributed by atoms with Crippen LogP contribution in [0.5, 0.6) is 5.75 Å². The number of ether oxygens (including phenoxy) is 1. The smallest absolute Gasteiger partial charge is 0.266 e. The van der Waals surface area contributed by atoms with E-state index in [1.165, 1.54) is 16.7 Å². The van der Waals surface area contributed by atoms with Gasteiger partial charge in [-0.25, -0.2) is 0 Å². The molecule has 1 aliphatic rings. The minimum Gasteiger partial charge on any atom is -0.484 e. The van der Waals surface area contributed by atoms with Crippen LogP contribution in [0.15, 0.2) is 66.1 Å². The van der Waals surface area contributed by atoms with Gasteiger partial charge < -0.3 is 10.1 Å². The van der Waals surface area contributed by atoms with E-state index in [4.69, 9.17) is 17.0 Å². The summed E-state index contributed by atoms with van der Waals surface area (Å²) in [4.78, 5) is 26.8. The Morgan fingerprint density at radius 2 is 1.94 bits per heavy atom. The highest BCUT2D eigenvalue weighted by molar-refractivity contribution is 8.26. The van der Waals surface area contributed by atoms with Crippen LogP contribution in [-0.4, -0.2) is 34.2 Å². The quantitative estimate of drug-likeness (QED) is 0.338. The molecule has 7 heteroatoms. The van der Waals surface area contributed by atoms with Gasteiger partial charge in [-0.3, -0.25) is 14.5 Å². The predicted octanol–water partition coefficient (Wildman–Crippen LogP) is 5.21. The fourth-order valence-corrected chi connectivity index (χ4v) is 4.32. The van der Waals surface area contributed by atoms with Gasteiger partial charge in [-0.05, 0) is 41.3 Å². The second-order valence-corrected chi connectivity index (χ2v) is 8.90. The standard InChI is InChI=1S/C24H24N2O3S2/c1-4-13-26-23(28)21(31-24(26)30)14-17-9-11-18(12-10-17)29-15-22(27)25-20-8-6-5-7-19(20)16(2)3/h4-12,14,16H,1,13,15H2,2-3H3,(H,25,27)/b21-14-. The van der Waals surface area contributed by atoms with Crippen molar-refractivity contribution in [2.24, 2.45) is 0 Å². The Bertz CT molecular complexity index is 1030. The summed E-state index contributed by atoms with van der Waals surface area (Å²) in [5.74, 6) is 0.544. The highest BCUT2D eigenvalue weighted by Gasteiger charge is 2.30. The molecule has 0 spiro atoms. The number of hydrogen-bond donors (Lipinski definition) is 1. The first kappa shape index (κ1) is 22.8. The van der Waals surface area contributed by atoms with Crippen molar-refractivity contribution in [3.8, 4) is 5.75 Å². The second-order valence-electron chi connectivity index (χ2n) is 7.23. The van der Waals surface area contributed by atoms with Crippen LogP contribution in [0.1, 0.15) is 30.9 Å². The normalized spacial score (nSPS) is 14.9. The first-order chi connectivity index (χ1) is 14.9. The topological polar surface area (TPSA) is 58.6 Å². The molecule has 1 aliphatic heterocycles. The van der Waals surface area contributed by atoms with Crippen LogP contribution >= 0.6 is 24.0 Å². The third-order valence-corrected chi connectivity index (χ3v) is 5.97. The SMILES string of the molecule is C=CCN1C(=O)/C(=C/c2ccc(OCC(=O)Nc3ccccc3C(C)C)cc2)SC1=S. The molecular formula is C24H24N2O3S2. The van der Waals surface area contributed by atoms with Crippen LogP contribution in [0.25, 0.3) is 6.08 Å². The molecule has 0 aliphatic carbocycles. The summed E-state index contributed by atoms with van der Waals surface area (Å²) < 4.78 is 6.14. The molecule has 160 valence electrons. The van der Waals surface area contributed by atoms with Crippen molar-refractivity contribution < 1.29 is 14.3 Å². The molecule has 0 atom stereocenters. The van der Waals surface area contributed by atoms with Gasteiger partial charge in [0.25, 0.3) is 11.8 Å². The monoisotopic (exact) mass is 452 g/mol. The number of hydrogen-bond acceptors (Lipinski definition) is 5. The van der Waals surface area contributed by atoms with Crippen molar-refractivity contribution in [1.29, 1.82) is 0 Å². The zero-order valence-corrected chi connectivity index (χ0v) is 19.1. The molecule has 0 radical (unpaired) electrons. The number of rotatable bonds is 8. The van der Waals surface area contributed by atoms with E-state index in [1.54, 1.807) is 24.3 Å². The number of carbonyl (C=O) groups excluding carboxylic acids is 2. The molecule has 1 N–H and O–H groups in total. The number of carbonyl (C=O) groups is 2. The van der Waals surface area contributed by atoms with Crippen LogP contribution in [0.3, 0.4) is 0 Å². The molecule has 2 aromatic rings. The molecule has 0 saturated carbocycles. The van der Waals surface area contributed by atoms with Crippen molar-refractivity contribution in [2.75, 3.05) is 18.5 Å². The maximum atomic E-state index is 12.4. The van der Waals surface area contributed by atoms with Gasteiger partial charge >= 0.3 is 0 Å². The predicted molar refractivity (Wildman–Crippen MR) is 131 cm³/mol. The Morgan fingerprint density at radius 1 is 1.23 bits per heavy atom. The van der Waals surface area contributed by atoms with Crippen LogP contribution < -0.4 is 10.1 Å². The van der Waals surface area contributed by atoms with Crippen LogP contribution in [0.4, 0.5) is 5.69 Å². The molecule has 1 heterocycles. The fraction of sp³-hybridized carbons (Fsp3) is 0.208. The number of nitrogens with one attached hydrogen (secondary N) is 1. The summed E-state index contributed by atoms with van der Waals surface area (Å²) in [5.41, 5.74) is 2.73. The third kappa shape index (κ3) is 5.83. The molecule has 1 saturated heterocycles. The molecule has 1 fully saturated rings. The summed E-state index contributed by atoms with van der Waals surface area (Å²) >= 11 is 6.52. The molecule has 3 rings (SSSR count). The van der Waals surface area contributed by atoms with E-state index in [9.17, 15) is 9.59 Å². The molecular weight excluding hydrogens is 428 g/mol. The minimum absolute atomic E-state index is 0.0913. The van der Waals surface area contributed by atoms with Crippen molar-refractivity contribution in [1.82, 2.24) is 4.90 Å². The van der Waals surface area contributed by atoms with Gasteiger partial charge in [0.1, 0.15) is 10.1 Å². The zero-order valence-electron chi connectivity index (χ0n) is 17.5. The summed E-state index contributed by atoms with van der Waals surface area (Å²) in [6, 6.07) is 15.0. The van der Waals surface area contributed by atoms with E-state index in [0.717, 1.165) is 16.8 Å². The van der Waals surface area contributed by atoms with E-state index in [0.29, 0.717) is 27.4 Å². The van der Waals surface area contributed by atoms with Gasteiger partial charge in [0, 0.05) is 12.2 Å². The summed E-state index contributed by atoms with van der Waals surface area (Å²) in [6.07, 6.45) is 3.44. The highest BCUT2D eigenvalue weighted by atomic mass is 32.2. The van der Waals surface area contributed by atoms with Crippen LogP contribution in [0.2, 0.25) is 0 Å². The number of thiocarbonyl (C=S) groups is 1. The van der Waals surface area contributed by atoms with Crippen molar-refractivity contribution in [2.45, 2.75) is 19.8 Å². The number of para-hydroxylation sites is 1. The lowest BCUT2D eigenvalue weighted by atomic mass is 10.0. The van der Waals surface area contributed by atoms with Gasteiger partial charge in [-0.1, -0.05) is 74.2 Å². The van der Waals surface area contributed by atoms with E-state index >= 15 is 0 Å². The van der Waals surface area contributed by atoms with Gasteiger partial charge in [-0.2, -0.15) is 0 Å². The minimum atomic E-state index is -0.219.